The molecule has 0 radical (unpaired) electrons. The number of aliphatic hydroxyl groups is 1. The predicted octanol–water partition coefficient (Wildman–Crippen LogP) is 2.34. The molecule has 0 aromatic heterocycles. The van der Waals surface area contributed by atoms with E-state index in [9.17, 15) is 0 Å². The van der Waals surface area contributed by atoms with E-state index < -0.39 is 0 Å². The molecule has 0 fully saturated rings. The van der Waals surface area contributed by atoms with Crippen LogP contribution in [0.4, 0.5) is 0 Å². The molecule has 0 bridgehead atoms. The summed E-state index contributed by atoms with van der Waals surface area (Å²) in [5.74, 6) is 0. The van der Waals surface area contributed by atoms with Crippen molar-refractivity contribution >= 4 is 0 Å². The van der Waals surface area contributed by atoms with Crippen LogP contribution in [0, 0.1) is 0 Å². The maximum Gasteiger partial charge on any atom is 0.0512 e. The first kappa shape index (κ1) is 11.7. The number of unbranched alkanes of at least 4 members (excludes halogenated alkanes) is 3. The second-order valence-electron chi connectivity index (χ2n) is 2.70. The molecular weight excluding hydrogens is 379 g/mol. The third-order valence-electron chi connectivity index (χ3n) is 1.48. The van der Waals surface area contributed by atoms with Gasteiger partial charge in [0.15, 0.2) is 0 Å². The summed E-state index contributed by atoms with van der Waals surface area (Å²) in [5, 5.41) is 8.85. The van der Waals surface area contributed by atoms with E-state index in [4.69, 9.17) is 5.11 Å². The van der Waals surface area contributed by atoms with E-state index in [0.29, 0.717) is 0 Å². The Morgan fingerprint density at radius 2 is 1.80 bits per heavy atom. The van der Waals surface area contributed by atoms with Crippen LogP contribution in [0.15, 0.2) is 0 Å². The van der Waals surface area contributed by atoms with E-state index >= 15 is 0 Å². The number of hydrogen-bond acceptors (Lipinski definition) is 1. The fourth-order valence-corrected chi connectivity index (χ4v) is 0.867. The van der Waals surface area contributed by atoms with Crippen molar-refractivity contribution in [1.82, 2.24) is 0 Å². The second-order valence-corrected chi connectivity index (χ2v) is 2.70. The Morgan fingerprint density at radius 1 is 1.20 bits per heavy atom. The quantitative estimate of drug-likeness (QED) is 0.707. The standard InChI is InChI=1S/C8H18O.Rf/c1-3-4-5-6-7-8(2)9;/h8-9H,3-7H2,1-2H3;. The molecule has 0 heterocycles. The van der Waals surface area contributed by atoms with Gasteiger partial charge in [0.05, 0.1) is 6.10 Å². The molecule has 1 unspecified atom stereocenters. The zero-order valence-electron chi connectivity index (χ0n) is 7.27. The molecule has 0 aliphatic heterocycles. The molecule has 10 heavy (non-hydrogen) atoms. The number of rotatable bonds is 5. The predicted molar refractivity (Wildman–Crippen MR) is 40.4 cm³/mol. The molecule has 1 atom stereocenters. The smallest absolute Gasteiger partial charge is 0.0512 e. The van der Waals surface area contributed by atoms with Gasteiger partial charge in [-0.3, -0.25) is 0 Å². The minimum atomic E-state index is -0.0955. The van der Waals surface area contributed by atoms with E-state index in [-0.39, 0.29) is 6.10 Å². The first-order valence-corrected chi connectivity index (χ1v) is 3.95. The van der Waals surface area contributed by atoms with Gasteiger partial charge in [0.1, 0.15) is 0 Å². The molecule has 0 saturated heterocycles. The minimum absolute atomic E-state index is 0. The topological polar surface area (TPSA) is 20.2 Å². The van der Waals surface area contributed by atoms with Crippen LogP contribution in [0.2, 0.25) is 0 Å². The molecule has 1 nitrogen and oxygen atoms in total. The summed E-state index contributed by atoms with van der Waals surface area (Å²) in [5.41, 5.74) is 0. The fourth-order valence-electron chi connectivity index (χ4n) is 0.867. The van der Waals surface area contributed by atoms with Gasteiger partial charge in [0.2, 0.25) is 0 Å². The molecule has 0 saturated carbocycles. The van der Waals surface area contributed by atoms with E-state index in [2.05, 4.69) is 6.92 Å². The van der Waals surface area contributed by atoms with Crippen molar-refractivity contribution in [3.63, 3.8) is 0 Å². The summed E-state index contributed by atoms with van der Waals surface area (Å²) in [4.78, 5) is 0. The molecular formula is C8H18ORf. The summed E-state index contributed by atoms with van der Waals surface area (Å²) in [6.07, 6.45) is 5.93. The van der Waals surface area contributed by atoms with Crippen molar-refractivity contribution in [2.75, 3.05) is 0 Å². The van der Waals surface area contributed by atoms with Crippen molar-refractivity contribution in [1.29, 1.82) is 0 Å². The first-order chi connectivity index (χ1) is 4.27. The van der Waals surface area contributed by atoms with Gasteiger partial charge in [0, 0.05) is 0 Å². The van der Waals surface area contributed by atoms with Gasteiger partial charge in [-0.25, -0.2) is 0 Å². The van der Waals surface area contributed by atoms with Crippen LogP contribution in [0.5, 0.6) is 0 Å². The Balaban J connectivity index is 0. The third kappa shape index (κ3) is 10.0. The second kappa shape index (κ2) is 7.96. The fraction of sp³-hybridized carbons (Fsp3) is 1.00. The van der Waals surface area contributed by atoms with Gasteiger partial charge in [-0.1, -0.05) is 32.6 Å². The van der Waals surface area contributed by atoms with Gasteiger partial charge in [0.25, 0.3) is 0 Å². The van der Waals surface area contributed by atoms with Crippen LogP contribution < -0.4 is 0 Å². The molecule has 2 heteroatoms. The van der Waals surface area contributed by atoms with Crippen LogP contribution >= 0.6 is 0 Å². The van der Waals surface area contributed by atoms with Crippen molar-refractivity contribution in [3.8, 4) is 0 Å². The first-order valence-electron chi connectivity index (χ1n) is 3.95. The van der Waals surface area contributed by atoms with E-state index in [1.54, 1.807) is 0 Å². The molecule has 0 aromatic rings. The Labute approximate surface area is 58.1 Å². The van der Waals surface area contributed by atoms with E-state index in [1.165, 1.54) is 25.7 Å². The summed E-state index contributed by atoms with van der Waals surface area (Å²) < 4.78 is 0. The summed E-state index contributed by atoms with van der Waals surface area (Å²) >= 11 is 0. The molecule has 0 rings (SSSR count). The number of hydrogen-bond donors (Lipinski definition) is 1. The van der Waals surface area contributed by atoms with Gasteiger partial charge in [-0.15, -0.1) is 0 Å². The zero-order valence-corrected chi connectivity index (χ0v) is 13.7. The van der Waals surface area contributed by atoms with E-state index in [0.717, 1.165) is 6.42 Å². The Bertz CT molecular complexity index is 55.2. The molecule has 0 aliphatic carbocycles. The summed E-state index contributed by atoms with van der Waals surface area (Å²) in [6.45, 7) is 4.05. The van der Waals surface area contributed by atoms with Gasteiger partial charge in [-0.05, 0) is 13.3 Å². The normalized spacial score (nSPS) is 12.3. The van der Waals surface area contributed by atoms with Crippen LogP contribution in [-0.4, -0.2) is 11.2 Å². The molecule has 0 amide bonds. The monoisotopic (exact) mass is 397 g/mol. The van der Waals surface area contributed by atoms with Crippen molar-refractivity contribution < 1.29 is 5.11 Å². The summed E-state index contributed by atoms with van der Waals surface area (Å²) in [7, 11) is 0. The molecule has 0 aliphatic rings. The average molecular weight is 397 g/mol. The van der Waals surface area contributed by atoms with Crippen molar-refractivity contribution in [3.05, 3.63) is 0 Å². The zero-order chi connectivity index (χ0) is 7.11. The molecule has 58 valence electrons. The Morgan fingerprint density at radius 3 is 2.20 bits per heavy atom. The van der Waals surface area contributed by atoms with Crippen LogP contribution in [0.3, 0.4) is 0 Å². The average Bonchev–Trinajstić information content (AvgIpc) is 1.80. The van der Waals surface area contributed by atoms with Gasteiger partial charge >= 0.3 is 0 Å². The number of aliphatic hydroxyl groups excluding tert-OH is 1. The maximum absolute atomic E-state index is 8.85. The summed E-state index contributed by atoms with van der Waals surface area (Å²) in [6, 6.07) is 0. The SMILES string of the molecule is CCCCCCC(C)O.[Rf]. The van der Waals surface area contributed by atoms with Crippen LogP contribution in [0.1, 0.15) is 46.0 Å². The van der Waals surface area contributed by atoms with E-state index in [1.807, 2.05) is 6.92 Å². The molecule has 1 N–H and O–H groups in total. The van der Waals surface area contributed by atoms with Gasteiger partial charge in [-0.2, -0.15) is 0 Å². The van der Waals surface area contributed by atoms with Crippen LogP contribution in [-0.2, 0) is 0 Å². The Hall–Kier alpha value is -1.04. The minimum Gasteiger partial charge on any atom is -0.393 e. The van der Waals surface area contributed by atoms with Gasteiger partial charge < -0.3 is 5.11 Å². The van der Waals surface area contributed by atoms with Crippen molar-refractivity contribution in [2.45, 2.75) is 52.1 Å². The molecule has 0 spiro atoms. The Kier molecular flexibility index (Phi) is 9.33. The third-order valence-corrected chi connectivity index (χ3v) is 1.48. The largest absolute Gasteiger partial charge is 0.393 e. The van der Waals surface area contributed by atoms with Crippen molar-refractivity contribution in [2.24, 2.45) is 0 Å². The van der Waals surface area contributed by atoms with Crippen LogP contribution in [0.25, 0.3) is 0 Å². The maximum atomic E-state index is 8.85. The molecule has 0 aromatic carbocycles.